The number of amides is 2. The van der Waals surface area contributed by atoms with Gasteiger partial charge in [-0.1, -0.05) is 54.6 Å². The summed E-state index contributed by atoms with van der Waals surface area (Å²) >= 11 is 0. The fourth-order valence-corrected chi connectivity index (χ4v) is 4.87. The molecule has 0 aliphatic carbocycles. The van der Waals surface area contributed by atoms with Crippen molar-refractivity contribution in [2.45, 2.75) is 25.5 Å². The highest BCUT2D eigenvalue weighted by Gasteiger charge is 2.30. The predicted molar refractivity (Wildman–Crippen MR) is 158 cm³/mol. The number of nitriles is 1. The zero-order valence-electron chi connectivity index (χ0n) is 23.4. The van der Waals surface area contributed by atoms with Crippen molar-refractivity contribution in [3.63, 3.8) is 0 Å². The Morgan fingerprint density at radius 1 is 0.929 bits per heavy atom. The fraction of sp³-hybridized carbons (Fsp3) is 0.281. The Hall–Kier alpha value is -5.17. The topological polar surface area (TPSA) is 121 Å². The zero-order valence-corrected chi connectivity index (χ0v) is 23.4. The van der Waals surface area contributed by atoms with Crippen LogP contribution in [-0.2, 0) is 22.7 Å². The van der Waals surface area contributed by atoms with Crippen LogP contribution < -0.4 is 15.0 Å². The summed E-state index contributed by atoms with van der Waals surface area (Å²) in [6, 6.07) is 26.4. The van der Waals surface area contributed by atoms with E-state index in [1.807, 2.05) is 83.8 Å². The summed E-state index contributed by atoms with van der Waals surface area (Å²) in [5.74, 6) is -0.498. The van der Waals surface area contributed by atoms with Gasteiger partial charge in [0.1, 0.15) is 18.1 Å². The van der Waals surface area contributed by atoms with E-state index in [2.05, 4.69) is 11.4 Å². The molecule has 5 rings (SSSR count). The maximum Gasteiger partial charge on any atom is 0.410 e. The summed E-state index contributed by atoms with van der Waals surface area (Å²) in [6.45, 7) is 2.38. The van der Waals surface area contributed by atoms with E-state index in [4.69, 9.17) is 19.4 Å². The van der Waals surface area contributed by atoms with Crippen LogP contribution in [0.25, 0.3) is 11.0 Å². The SMILES string of the molecule is COc1cccc(CNC(=O)C(C#N)c2nc3ccccc3nc2N2CCCN(C(=O)OCc3ccccc3)CC2)c1. The summed E-state index contributed by atoms with van der Waals surface area (Å²) in [5, 5.41) is 13.0. The quantitative estimate of drug-likeness (QED) is 0.334. The van der Waals surface area contributed by atoms with Gasteiger partial charge in [0.05, 0.1) is 24.2 Å². The lowest BCUT2D eigenvalue weighted by Gasteiger charge is -2.25. The number of rotatable bonds is 8. The van der Waals surface area contributed by atoms with Gasteiger partial charge in [-0.25, -0.2) is 14.8 Å². The van der Waals surface area contributed by atoms with Crippen molar-refractivity contribution in [3.8, 4) is 11.8 Å². The molecule has 0 radical (unpaired) electrons. The van der Waals surface area contributed by atoms with Crippen molar-refractivity contribution in [2.75, 3.05) is 38.2 Å². The highest BCUT2D eigenvalue weighted by molar-refractivity contribution is 5.89. The van der Waals surface area contributed by atoms with Gasteiger partial charge in [-0.2, -0.15) is 5.26 Å². The number of hydrogen-bond acceptors (Lipinski definition) is 8. The minimum absolute atomic E-state index is 0.203. The smallest absolute Gasteiger partial charge is 0.410 e. The van der Waals surface area contributed by atoms with Gasteiger partial charge in [-0.05, 0) is 41.8 Å². The van der Waals surface area contributed by atoms with E-state index < -0.39 is 11.8 Å². The van der Waals surface area contributed by atoms with Gasteiger partial charge >= 0.3 is 6.09 Å². The molecule has 4 aromatic rings. The Kier molecular flexibility index (Phi) is 9.09. The average molecular weight is 565 g/mol. The molecule has 1 aliphatic rings. The van der Waals surface area contributed by atoms with Crippen molar-refractivity contribution in [1.82, 2.24) is 20.2 Å². The molecule has 0 bridgehead atoms. The summed E-state index contributed by atoms with van der Waals surface area (Å²) < 4.78 is 10.8. The molecule has 2 amide bonds. The number of methoxy groups -OCH3 is 1. The molecule has 42 heavy (non-hydrogen) atoms. The van der Waals surface area contributed by atoms with Crippen LogP contribution >= 0.6 is 0 Å². The summed E-state index contributed by atoms with van der Waals surface area (Å²) in [5.41, 5.74) is 3.31. The van der Waals surface area contributed by atoms with E-state index in [0.717, 1.165) is 11.1 Å². The number of para-hydroxylation sites is 2. The molecule has 1 aliphatic heterocycles. The molecule has 10 nitrogen and oxygen atoms in total. The molecular weight excluding hydrogens is 532 g/mol. The second kappa shape index (κ2) is 13.5. The van der Waals surface area contributed by atoms with Gasteiger partial charge in [-0.3, -0.25) is 4.79 Å². The Balaban J connectivity index is 1.34. The Morgan fingerprint density at radius 3 is 2.43 bits per heavy atom. The molecule has 2 heterocycles. The molecule has 10 heteroatoms. The van der Waals surface area contributed by atoms with Gasteiger partial charge in [-0.15, -0.1) is 0 Å². The lowest BCUT2D eigenvalue weighted by molar-refractivity contribution is -0.121. The number of hydrogen-bond donors (Lipinski definition) is 1. The Bertz CT molecular complexity index is 1590. The van der Waals surface area contributed by atoms with Crippen molar-refractivity contribution in [3.05, 3.63) is 95.7 Å². The first-order valence-corrected chi connectivity index (χ1v) is 13.8. The number of anilines is 1. The van der Waals surface area contributed by atoms with Crippen LogP contribution in [0.1, 0.15) is 29.2 Å². The standard InChI is InChI=1S/C32H32N6O4/c1-41-25-12-7-11-24(19-25)21-34-31(39)26(20-33)29-30(36-28-14-6-5-13-27(28)35-29)37-15-8-16-38(18-17-37)32(40)42-22-23-9-3-2-4-10-23/h2-7,9-14,19,26H,8,15-18,21-22H2,1H3,(H,34,39). The number of nitrogens with one attached hydrogen (secondary N) is 1. The van der Waals surface area contributed by atoms with Crippen LogP contribution in [0.2, 0.25) is 0 Å². The molecule has 1 atom stereocenters. The van der Waals surface area contributed by atoms with Gasteiger partial charge in [0.2, 0.25) is 5.91 Å². The van der Waals surface area contributed by atoms with E-state index in [1.165, 1.54) is 0 Å². The van der Waals surface area contributed by atoms with Crippen LogP contribution in [0.15, 0.2) is 78.9 Å². The lowest BCUT2D eigenvalue weighted by Crippen LogP contribution is -2.36. The number of nitrogens with zero attached hydrogens (tertiary/aromatic N) is 5. The van der Waals surface area contributed by atoms with E-state index in [0.29, 0.717) is 60.9 Å². The monoisotopic (exact) mass is 564 g/mol. The first-order valence-electron chi connectivity index (χ1n) is 13.8. The third kappa shape index (κ3) is 6.75. The lowest BCUT2D eigenvalue weighted by atomic mass is 10.0. The molecular formula is C32H32N6O4. The van der Waals surface area contributed by atoms with Crippen LogP contribution in [-0.4, -0.2) is 60.2 Å². The van der Waals surface area contributed by atoms with E-state index in [1.54, 1.807) is 12.0 Å². The molecule has 1 aromatic heterocycles. The number of benzene rings is 3. The summed E-state index contributed by atoms with van der Waals surface area (Å²) in [6.07, 6.45) is 0.283. The Labute approximate surface area is 244 Å². The van der Waals surface area contributed by atoms with Crippen LogP contribution in [0.3, 0.4) is 0 Å². The van der Waals surface area contributed by atoms with Gasteiger partial charge < -0.3 is 24.6 Å². The molecule has 1 N–H and O–H groups in total. The molecule has 0 spiro atoms. The normalized spacial score (nSPS) is 14.0. The highest BCUT2D eigenvalue weighted by Crippen LogP contribution is 2.28. The van der Waals surface area contributed by atoms with Crippen LogP contribution in [0.4, 0.5) is 10.6 Å². The number of carbonyl (C=O) groups excluding carboxylic acids is 2. The highest BCUT2D eigenvalue weighted by atomic mass is 16.6. The fourth-order valence-electron chi connectivity index (χ4n) is 4.87. The summed E-state index contributed by atoms with van der Waals surface area (Å²) in [7, 11) is 1.58. The first-order chi connectivity index (χ1) is 20.6. The van der Waals surface area contributed by atoms with Crippen LogP contribution in [0.5, 0.6) is 5.75 Å². The first kappa shape index (κ1) is 28.4. The zero-order chi connectivity index (χ0) is 29.3. The van der Waals surface area contributed by atoms with Gasteiger partial charge in [0, 0.05) is 32.7 Å². The van der Waals surface area contributed by atoms with Crippen LogP contribution in [0, 0.1) is 11.3 Å². The summed E-state index contributed by atoms with van der Waals surface area (Å²) in [4.78, 5) is 39.5. The van der Waals surface area contributed by atoms with Crippen molar-refractivity contribution in [2.24, 2.45) is 0 Å². The molecule has 0 saturated carbocycles. The van der Waals surface area contributed by atoms with E-state index in [-0.39, 0.29) is 19.2 Å². The number of ether oxygens (including phenoxy) is 2. The van der Waals surface area contributed by atoms with E-state index >= 15 is 0 Å². The van der Waals surface area contributed by atoms with Crippen molar-refractivity contribution < 1.29 is 19.1 Å². The number of aromatic nitrogens is 2. The third-order valence-electron chi connectivity index (χ3n) is 7.10. The van der Waals surface area contributed by atoms with Gasteiger partial charge in [0.15, 0.2) is 11.7 Å². The van der Waals surface area contributed by atoms with Crippen molar-refractivity contribution >= 4 is 28.9 Å². The maximum absolute atomic E-state index is 13.4. The molecule has 1 unspecified atom stereocenters. The average Bonchev–Trinajstić information content (AvgIpc) is 3.30. The maximum atomic E-state index is 13.4. The predicted octanol–water partition coefficient (Wildman–Crippen LogP) is 4.41. The minimum Gasteiger partial charge on any atom is -0.497 e. The molecule has 1 saturated heterocycles. The number of carbonyl (C=O) groups is 2. The number of fused-ring (bicyclic) bond motifs is 1. The molecule has 3 aromatic carbocycles. The second-order valence-electron chi connectivity index (χ2n) is 9.92. The second-order valence-corrected chi connectivity index (χ2v) is 9.92. The van der Waals surface area contributed by atoms with Gasteiger partial charge in [0.25, 0.3) is 0 Å². The largest absolute Gasteiger partial charge is 0.497 e. The minimum atomic E-state index is -1.18. The van der Waals surface area contributed by atoms with Crippen molar-refractivity contribution in [1.29, 1.82) is 5.26 Å². The molecule has 214 valence electrons. The Morgan fingerprint density at radius 2 is 1.67 bits per heavy atom. The third-order valence-corrected chi connectivity index (χ3v) is 7.10. The van der Waals surface area contributed by atoms with E-state index in [9.17, 15) is 14.9 Å². The molecule has 1 fully saturated rings.